The molecule has 2 heteroatoms. The van der Waals surface area contributed by atoms with Gasteiger partial charge in [0.2, 0.25) is 0 Å². The number of aliphatic hydroxyl groups is 1. The first-order chi connectivity index (χ1) is 4.56. The highest BCUT2D eigenvalue weighted by atomic mass is 32.2. The highest BCUT2D eigenvalue weighted by Gasteiger charge is 2.10. The van der Waals surface area contributed by atoms with Crippen LogP contribution in [0.25, 0.3) is 0 Å². The predicted octanol–water partition coefficient (Wildman–Crippen LogP) is 2.29. The van der Waals surface area contributed by atoms with Gasteiger partial charge in [0.05, 0.1) is 5.60 Å². The summed E-state index contributed by atoms with van der Waals surface area (Å²) in [7, 11) is 0. The summed E-state index contributed by atoms with van der Waals surface area (Å²) in [5.41, 5.74) is -0.471. The maximum absolute atomic E-state index is 9.30. The van der Waals surface area contributed by atoms with Crippen LogP contribution < -0.4 is 0 Å². The van der Waals surface area contributed by atoms with Crippen LogP contribution in [-0.2, 0) is 0 Å². The molecule has 0 aliphatic heterocycles. The van der Waals surface area contributed by atoms with Crippen LogP contribution in [0.5, 0.6) is 0 Å². The Balaban J connectivity index is 3.04. The Bertz CT molecular complexity index is 75.8. The van der Waals surface area contributed by atoms with Crippen LogP contribution in [0.1, 0.15) is 33.6 Å². The van der Waals surface area contributed by atoms with Gasteiger partial charge in [-0.05, 0) is 38.2 Å². The lowest BCUT2D eigenvalue weighted by atomic mass is 10.1. The van der Waals surface area contributed by atoms with Gasteiger partial charge < -0.3 is 5.11 Å². The first-order valence-corrected chi connectivity index (χ1v) is 5.02. The van der Waals surface area contributed by atoms with E-state index in [2.05, 4.69) is 6.92 Å². The molecule has 0 rings (SSSR count). The van der Waals surface area contributed by atoms with E-state index in [0.717, 1.165) is 12.2 Å². The van der Waals surface area contributed by atoms with Gasteiger partial charge in [0.15, 0.2) is 0 Å². The van der Waals surface area contributed by atoms with Crippen LogP contribution in [-0.4, -0.2) is 22.2 Å². The molecule has 1 N–H and O–H groups in total. The van der Waals surface area contributed by atoms with Crippen molar-refractivity contribution in [2.75, 3.05) is 11.5 Å². The Kier molecular flexibility index (Phi) is 5.18. The molecule has 0 saturated heterocycles. The van der Waals surface area contributed by atoms with Crippen molar-refractivity contribution in [2.45, 2.75) is 39.2 Å². The van der Waals surface area contributed by atoms with E-state index in [4.69, 9.17) is 0 Å². The lowest BCUT2D eigenvalue weighted by Gasteiger charge is -2.15. The number of rotatable bonds is 5. The summed E-state index contributed by atoms with van der Waals surface area (Å²) in [5, 5.41) is 9.30. The lowest BCUT2D eigenvalue weighted by Crippen LogP contribution is -2.19. The minimum absolute atomic E-state index is 0.471. The first kappa shape index (κ1) is 10.3. The Hall–Kier alpha value is 0.310. The molecule has 0 heterocycles. The molecular formula is C8H18OS. The van der Waals surface area contributed by atoms with Crippen LogP contribution in [0.2, 0.25) is 0 Å². The van der Waals surface area contributed by atoms with E-state index in [-0.39, 0.29) is 0 Å². The van der Waals surface area contributed by atoms with E-state index in [1.54, 1.807) is 0 Å². The second kappa shape index (κ2) is 5.03. The fourth-order valence-corrected chi connectivity index (χ4v) is 1.71. The molecule has 0 aliphatic carbocycles. The van der Waals surface area contributed by atoms with Crippen molar-refractivity contribution in [1.29, 1.82) is 0 Å². The third-order valence-electron chi connectivity index (χ3n) is 1.21. The molecule has 0 aromatic carbocycles. The van der Waals surface area contributed by atoms with Gasteiger partial charge in [-0.1, -0.05) is 6.92 Å². The van der Waals surface area contributed by atoms with Gasteiger partial charge in [-0.15, -0.1) is 0 Å². The molecule has 0 aromatic heterocycles. The third kappa shape index (κ3) is 8.31. The van der Waals surface area contributed by atoms with E-state index in [9.17, 15) is 5.11 Å². The Morgan fingerprint density at radius 2 is 1.90 bits per heavy atom. The maximum atomic E-state index is 9.30. The van der Waals surface area contributed by atoms with E-state index < -0.39 is 5.60 Å². The zero-order valence-corrected chi connectivity index (χ0v) is 8.00. The minimum Gasteiger partial charge on any atom is -0.390 e. The molecule has 62 valence electrons. The zero-order valence-electron chi connectivity index (χ0n) is 7.18. The van der Waals surface area contributed by atoms with Crippen LogP contribution in [0.15, 0.2) is 0 Å². The molecule has 0 atom stereocenters. The molecule has 0 unspecified atom stereocenters. The third-order valence-corrected chi connectivity index (χ3v) is 2.40. The maximum Gasteiger partial charge on any atom is 0.0599 e. The summed E-state index contributed by atoms with van der Waals surface area (Å²) in [5.74, 6) is 2.30. The predicted molar refractivity (Wildman–Crippen MR) is 48.5 cm³/mol. The van der Waals surface area contributed by atoms with Crippen LogP contribution in [0.4, 0.5) is 0 Å². The van der Waals surface area contributed by atoms with Crippen molar-refractivity contribution in [2.24, 2.45) is 0 Å². The molecule has 0 aliphatic rings. The topological polar surface area (TPSA) is 20.2 Å². The molecule has 0 saturated carbocycles. The normalized spacial score (nSPS) is 12.0. The lowest BCUT2D eigenvalue weighted by molar-refractivity contribution is 0.0778. The van der Waals surface area contributed by atoms with E-state index >= 15 is 0 Å². The average Bonchev–Trinajstić information content (AvgIpc) is 1.78. The molecule has 0 aromatic rings. The van der Waals surface area contributed by atoms with Gasteiger partial charge in [-0.2, -0.15) is 11.8 Å². The van der Waals surface area contributed by atoms with Gasteiger partial charge >= 0.3 is 0 Å². The second-order valence-corrected chi connectivity index (χ2v) is 4.40. The molecule has 0 amide bonds. The van der Waals surface area contributed by atoms with Gasteiger partial charge in [0.1, 0.15) is 0 Å². The highest BCUT2D eigenvalue weighted by Crippen LogP contribution is 2.12. The SMILES string of the molecule is CCCSCCC(C)(C)O. The molecule has 0 radical (unpaired) electrons. The molecule has 0 spiro atoms. The van der Waals surface area contributed by atoms with E-state index in [1.807, 2.05) is 25.6 Å². The summed E-state index contributed by atoms with van der Waals surface area (Å²) >= 11 is 1.92. The summed E-state index contributed by atoms with van der Waals surface area (Å²) in [6.45, 7) is 5.90. The Morgan fingerprint density at radius 1 is 1.30 bits per heavy atom. The summed E-state index contributed by atoms with van der Waals surface area (Å²) < 4.78 is 0. The standard InChI is InChI=1S/C8H18OS/c1-4-6-10-7-5-8(2,3)9/h9H,4-7H2,1-3H3. The van der Waals surface area contributed by atoms with Crippen molar-refractivity contribution >= 4 is 11.8 Å². The van der Waals surface area contributed by atoms with E-state index in [0.29, 0.717) is 0 Å². The molecule has 0 fully saturated rings. The fraction of sp³-hybridized carbons (Fsp3) is 1.00. The van der Waals surface area contributed by atoms with Gasteiger partial charge in [0.25, 0.3) is 0 Å². The quantitative estimate of drug-likeness (QED) is 0.626. The Labute approximate surface area is 68.2 Å². The largest absolute Gasteiger partial charge is 0.390 e. The molecule has 0 bridgehead atoms. The van der Waals surface area contributed by atoms with Crippen molar-refractivity contribution in [3.63, 3.8) is 0 Å². The van der Waals surface area contributed by atoms with Crippen LogP contribution in [0, 0.1) is 0 Å². The first-order valence-electron chi connectivity index (χ1n) is 3.86. The number of hydrogen-bond donors (Lipinski definition) is 1. The summed E-state index contributed by atoms with van der Waals surface area (Å²) in [6.07, 6.45) is 2.13. The molecular weight excluding hydrogens is 144 g/mol. The van der Waals surface area contributed by atoms with Gasteiger partial charge in [0, 0.05) is 0 Å². The van der Waals surface area contributed by atoms with Crippen LogP contribution >= 0.6 is 11.8 Å². The van der Waals surface area contributed by atoms with Crippen molar-refractivity contribution < 1.29 is 5.11 Å². The highest BCUT2D eigenvalue weighted by molar-refractivity contribution is 7.99. The summed E-state index contributed by atoms with van der Waals surface area (Å²) in [6, 6.07) is 0. The zero-order chi connectivity index (χ0) is 8.04. The smallest absolute Gasteiger partial charge is 0.0599 e. The van der Waals surface area contributed by atoms with Crippen LogP contribution in [0.3, 0.4) is 0 Å². The van der Waals surface area contributed by atoms with Gasteiger partial charge in [-0.3, -0.25) is 0 Å². The minimum atomic E-state index is -0.471. The summed E-state index contributed by atoms with van der Waals surface area (Å²) in [4.78, 5) is 0. The number of hydrogen-bond acceptors (Lipinski definition) is 2. The van der Waals surface area contributed by atoms with E-state index in [1.165, 1.54) is 12.2 Å². The van der Waals surface area contributed by atoms with Crippen molar-refractivity contribution in [3.05, 3.63) is 0 Å². The van der Waals surface area contributed by atoms with Crippen molar-refractivity contribution in [3.8, 4) is 0 Å². The number of thioether (sulfide) groups is 1. The fourth-order valence-electron chi connectivity index (χ4n) is 0.568. The Morgan fingerprint density at radius 3 is 2.30 bits per heavy atom. The van der Waals surface area contributed by atoms with Gasteiger partial charge in [-0.25, -0.2) is 0 Å². The average molecular weight is 162 g/mol. The molecule has 10 heavy (non-hydrogen) atoms. The molecule has 1 nitrogen and oxygen atoms in total. The van der Waals surface area contributed by atoms with Crippen molar-refractivity contribution in [1.82, 2.24) is 0 Å². The second-order valence-electron chi connectivity index (χ2n) is 3.17. The monoisotopic (exact) mass is 162 g/mol.